The van der Waals surface area contributed by atoms with Gasteiger partial charge in [0.15, 0.2) is 4.34 Å². The van der Waals surface area contributed by atoms with Crippen molar-refractivity contribution in [3.63, 3.8) is 0 Å². The molecular weight excluding hydrogens is 226 g/mol. The molecule has 1 aromatic rings. The molecule has 0 aromatic carbocycles. The van der Waals surface area contributed by atoms with E-state index in [9.17, 15) is 0 Å². The minimum Gasteiger partial charge on any atom is -0.316 e. The Bertz CT molecular complexity index is 270. The van der Waals surface area contributed by atoms with Gasteiger partial charge in [-0.3, -0.25) is 0 Å². The third-order valence-electron chi connectivity index (χ3n) is 3.07. The minimum absolute atomic E-state index is 0.640. The summed E-state index contributed by atoms with van der Waals surface area (Å²) in [6.45, 7) is 0. The molecule has 1 heterocycles. The number of hydrogen-bond acceptors (Lipinski definition) is 5. The Balaban J connectivity index is 1.80. The van der Waals surface area contributed by atoms with Gasteiger partial charge in [0.05, 0.1) is 0 Å². The van der Waals surface area contributed by atoms with E-state index < -0.39 is 0 Å². The topological polar surface area (TPSA) is 37.8 Å². The molecule has 0 radical (unpaired) electrons. The van der Waals surface area contributed by atoms with E-state index in [0.717, 1.165) is 16.0 Å². The van der Waals surface area contributed by atoms with Crippen molar-refractivity contribution in [3.05, 3.63) is 6.33 Å². The largest absolute Gasteiger partial charge is 0.316 e. The number of thioether (sulfide) groups is 1. The summed E-state index contributed by atoms with van der Waals surface area (Å²) in [5.74, 6) is 1.99. The number of nitrogens with zero attached hydrogens (tertiary/aromatic N) is 2. The van der Waals surface area contributed by atoms with E-state index in [2.05, 4.69) is 21.7 Å². The predicted molar refractivity (Wildman–Crippen MR) is 65.4 cm³/mol. The highest BCUT2D eigenvalue weighted by atomic mass is 32.2. The second-order valence-electron chi connectivity index (χ2n) is 3.96. The van der Waals surface area contributed by atoms with E-state index in [1.807, 2.05) is 11.8 Å². The van der Waals surface area contributed by atoms with E-state index in [1.165, 1.54) is 37.2 Å². The molecule has 1 aliphatic rings. The number of hydrogen-bond donors (Lipinski definition) is 1. The SMILES string of the molecule is CNC(CSc1ncns1)C1CCCC1. The highest BCUT2D eigenvalue weighted by Gasteiger charge is 2.23. The van der Waals surface area contributed by atoms with Gasteiger partial charge in [-0.25, -0.2) is 4.98 Å². The molecule has 84 valence electrons. The van der Waals surface area contributed by atoms with Crippen LogP contribution in [-0.4, -0.2) is 28.2 Å². The van der Waals surface area contributed by atoms with Gasteiger partial charge in [0.2, 0.25) is 0 Å². The van der Waals surface area contributed by atoms with Crippen molar-refractivity contribution in [3.8, 4) is 0 Å². The fraction of sp³-hybridized carbons (Fsp3) is 0.800. The maximum absolute atomic E-state index is 4.19. The molecule has 2 rings (SSSR count). The van der Waals surface area contributed by atoms with E-state index in [0.29, 0.717) is 6.04 Å². The van der Waals surface area contributed by atoms with E-state index in [4.69, 9.17) is 0 Å². The van der Waals surface area contributed by atoms with Crippen LogP contribution in [0.4, 0.5) is 0 Å². The van der Waals surface area contributed by atoms with Gasteiger partial charge in [0, 0.05) is 11.8 Å². The highest BCUT2D eigenvalue weighted by Crippen LogP contribution is 2.30. The van der Waals surface area contributed by atoms with Crippen LogP contribution in [0.1, 0.15) is 25.7 Å². The molecule has 15 heavy (non-hydrogen) atoms. The van der Waals surface area contributed by atoms with Crippen LogP contribution < -0.4 is 5.32 Å². The van der Waals surface area contributed by atoms with Crippen molar-refractivity contribution in [2.75, 3.05) is 12.8 Å². The average Bonchev–Trinajstić information content (AvgIpc) is 2.90. The summed E-state index contributed by atoms with van der Waals surface area (Å²) in [5.41, 5.74) is 0. The summed E-state index contributed by atoms with van der Waals surface area (Å²) in [6, 6.07) is 0.640. The standard InChI is InChI=1S/C10H17N3S2/c1-11-9(8-4-2-3-5-8)6-14-10-12-7-13-15-10/h7-9,11H,2-6H2,1H3. The fourth-order valence-electron chi connectivity index (χ4n) is 2.20. The van der Waals surface area contributed by atoms with Crippen LogP contribution in [0.5, 0.6) is 0 Å². The van der Waals surface area contributed by atoms with Crippen molar-refractivity contribution < 1.29 is 0 Å². The smallest absolute Gasteiger partial charge is 0.169 e. The summed E-state index contributed by atoms with van der Waals surface area (Å²) in [7, 11) is 2.07. The van der Waals surface area contributed by atoms with E-state index in [-0.39, 0.29) is 0 Å². The number of nitrogens with one attached hydrogen (secondary N) is 1. The summed E-state index contributed by atoms with van der Waals surface area (Å²) in [5, 5.41) is 3.44. The second kappa shape index (κ2) is 5.82. The zero-order chi connectivity index (χ0) is 10.5. The first-order valence-corrected chi connectivity index (χ1v) is 7.23. The Morgan fingerprint density at radius 3 is 3.00 bits per heavy atom. The van der Waals surface area contributed by atoms with Gasteiger partial charge in [-0.05, 0) is 37.3 Å². The normalized spacial score (nSPS) is 19.5. The molecule has 1 fully saturated rings. The third kappa shape index (κ3) is 3.16. The predicted octanol–water partition coefficient (Wildman–Crippen LogP) is 2.41. The lowest BCUT2D eigenvalue weighted by molar-refractivity contribution is 0.410. The lowest BCUT2D eigenvalue weighted by Crippen LogP contribution is -2.34. The van der Waals surface area contributed by atoms with Crippen LogP contribution in [0.2, 0.25) is 0 Å². The van der Waals surface area contributed by atoms with Crippen LogP contribution in [0.25, 0.3) is 0 Å². The first-order chi connectivity index (χ1) is 7.40. The van der Waals surface area contributed by atoms with Crippen LogP contribution in [0.15, 0.2) is 10.7 Å². The Morgan fingerprint density at radius 1 is 1.60 bits per heavy atom. The molecule has 3 nitrogen and oxygen atoms in total. The van der Waals surface area contributed by atoms with Crippen molar-refractivity contribution in [1.29, 1.82) is 0 Å². The van der Waals surface area contributed by atoms with Crippen molar-refractivity contribution in [1.82, 2.24) is 14.7 Å². The molecule has 0 aliphatic heterocycles. The molecule has 1 saturated carbocycles. The lowest BCUT2D eigenvalue weighted by Gasteiger charge is -2.21. The molecule has 0 bridgehead atoms. The number of rotatable bonds is 5. The van der Waals surface area contributed by atoms with Gasteiger partial charge in [-0.15, -0.1) is 0 Å². The van der Waals surface area contributed by atoms with Crippen molar-refractivity contribution >= 4 is 23.3 Å². The molecule has 1 unspecified atom stereocenters. The van der Waals surface area contributed by atoms with Crippen molar-refractivity contribution in [2.24, 2.45) is 5.92 Å². The van der Waals surface area contributed by atoms with E-state index in [1.54, 1.807) is 6.33 Å². The lowest BCUT2D eigenvalue weighted by atomic mass is 10.0. The second-order valence-corrected chi connectivity index (χ2v) is 6.01. The number of aromatic nitrogens is 2. The Morgan fingerprint density at radius 2 is 2.40 bits per heavy atom. The molecule has 1 N–H and O–H groups in total. The van der Waals surface area contributed by atoms with Crippen LogP contribution in [-0.2, 0) is 0 Å². The fourth-order valence-corrected chi connectivity index (χ4v) is 3.91. The molecular formula is C10H17N3S2. The highest BCUT2D eigenvalue weighted by molar-refractivity contribution is 8.00. The zero-order valence-electron chi connectivity index (χ0n) is 8.98. The molecule has 1 aromatic heterocycles. The van der Waals surface area contributed by atoms with Crippen LogP contribution in [0, 0.1) is 5.92 Å². The monoisotopic (exact) mass is 243 g/mol. The van der Waals surface area contributed by atoms with Gasteiger partial charge < -0.3 is 5.32 Å². The van der Waals surface area contributed by atoms with Gasteiger partial charge in [-0.2, -0.15) is 4.37 Å². The Labute approximate surface area is 99.2 Å². The molecule has 0 amide bonds. The molecule has 0 saturated heterocycles. The van der Waals surface area contributed by atoms with Crippen molar-refractivity contribution in [2.45, 2.75) is 36.1 Å². The first-order valence-electron chi connectivity index (χ1n) is 5.47. The van der Waals surface area contributed by atoms with Gasteiger partial charge >= 0.3 is 0 Å². The first kappa shape index (κ1) is 11.4. The summed E-state index contributed by atoms with van der Waals surface area (Å²) < 4.78 is 5.10. The molecule has 1 aliphatic carbocycles. The van der Waals surface area contributed by atoms with Gasteiger partial charge in [0.1, 0.15) is 6.33 Å². The third-order valence-corrected chi connectivity index (χ3v) is 4.98. The Kier molecular flexibility index (Phi) is 4.41. The molecule has 1 atom stereocenters. The maximum atomic E-state index is 4.19. The van der Waals surface area contributed by atoms with Crippen LogP contribution in [0.3, 0.4) is 0 Å². The maximum Gasteiger partial charge on any atom is 0.169 e. The summed E-state index contributed by atoms with van der Waals surface area (Å²) in [6.07, 6.45) is 7.24. The molecule has 0 spiro atoms. The average molecular weight is 243 g/mol. The summed E-state index contributed by atoms with van der Waals surface area (Å²) >= 11 is 3.32. The minimum atomic E-state index is 0.640. The van der Waals surface area contributed by atoms with E-state index >= 15 is 0 Å². The quantitative estimate of drug-likeness (QED) is 0.806. The Hall–Kier alpha value is -0.130. The van der Waals surface area contributed by atoms with Gasteiger partial charge in [0.25, 0.3) is 0 Å². The van der Waals surface area contributed by atoms with Crippen LogP contribution >= 0.6 is 23.3 Å². The molecule has 5 heteroatoms. The zero-order valence-corrected chi connectivity index (χ0v) is 10.6. The van der Waals surface area contributed by atoms with Gasteiger partial charge in [-0.1, -0.05) is 24.6 Å². The summed E-state index contributed by atoms with van der Waals surface area (Å²) in [4.78, 5) is 4.19.